The molecule has 0 N–H and O–H groups in total. The number of hydrogen-bond acceptors (Lipinski definition) is 1. The Labute approximate surface area is 160 Å². The van der Waals surface area contributed by atoms with Gasteiger partial charge in [-0.1, -0.05) is 51.8 Å². The molecule has 0 nitrogen and oxygen atoms in total. The second-order valence-corrected chi connectivity index (χ2v) is 9.53. The van der Waals surface area contributed by atoms with Crippen LogP contribution in [0.2, 0.25) is 0 Å². The Morgan fingerprint density at radius 3 is 2.50 bits per heavy atom. The Hall–Kier alpha value is -0.280. The maximum Gasteiger partial charge on any atom is 0.141 e. The van der Waals surface area contributed by atoms with Gasteiger partial charge in [0.05, 0.1) is 4.47 Å². The van der Waals surface area contributed by atoms with Crippen molar-refractivity contribution in [3.05, 3.63) is 45.7 Å². The van der Waals surface area contributed by atoms with E-state index in [2.05, 4.69) is 62.5 Å². The van der Waals surface area contributed by atoms with Gasteiger partial charge in [0.15, 0.2) is 0 Å². The Bertz CT molecular complexity index is 565. The summed E-state index contributed by atoms with van der Waals surface area (Å²) in [6.45, 7) is 15.0. The molecular weight excluding hydrogens is 383 g/mol. The van der Waals surface area contributed by atoms with Crippen LogP contribution in [0.3, 0.4) is 0 Å². The summed E-state index contributed by atoms with van der Waals surface area (Å²) in [5.74, 6) is 0.276. The van der Waals surface area contributed by atoms with Crippen LogP contribution in [-0.2, 0) is 6.42 Å². The highest BCUT2D eigenvalue weighted by Crippen LogP contribution is 2.41. The maximum atomic E-state index is 15.0. The van der Waals surface area contributed by atoms with E-state index in [9.17, 15) is 0 Å². The molecule has 2 unspecified atom stereocenters. The highest BCUT2D eigenvalue weighted by atomic mass is 79.9. The zero-order valence-electron chi connectivity index (χ0n) is 16.0. The smallest absolute Gasteiger partial charge is 0.141 e. The topological polar surface area (TPSA) is 0 Å². The third-order valence-corrected chi connectivity index (χ3v) is 7.05. The summed E-state index contributed by atoms with van der Waals surface area (Å²) >= 11 is 5.24. The minimum absolute atomic E-state index is 0.0882. The highest BCUT2D eigenvalue weighted by molar-refractivity contribution is 9.10. The summed E-state index contributed by atoms with van der Waals surface area (Å²) in [5, 5.41) is 0.152. The first-order chi connectivity index (χ1) is 11.1. The molecule has 0 radical (unpaired) electrons. The molecule has 136 valence electrons. The van der Waals surface area contributed by atoms with Gasteiger partial charge in [0, 0.05) is 10.8 Å². The van der Waals surface area contributed by atoms with Gasteiger partial charge in [0.1, 0.15) is 5.82 Å². The van der Waals surface area contributed by atoms with Crippen molar-refractivity contribution in [2.45, 2.75) is 65.6 Å². The highest BCUT2D eigenvalue weighted by Gasteiger charge is 2.24. The van der Waals surface area contributed by atoms with Crippen molar-refractivity contribution in [2.75, 3.05) is 6.26 Å². The molecule has 0 bridgehead atoms. The molecule has 0 saturated heterocycles. The van der Waals surface area contributed by atoms with Crippen LogP contribution in [0.5, 0.6) is 0 Å². The van der Waals surface area contributed by atoms with Crippen LogP contribution in [-0.4, -0.2) is 6.26 Å². The van der Waals surface area contributed by atoms with Crippen LogP contribution < -0.4 is 0 Å². The van der Waals surface area contributed by atoms with Gasteiger partial charge < -0.3 is 0 Å². The largest absolute Gasteiger partial charge is 0.205 e. The molecule has 1 rings (SSSR count). The number of aryl methyl sites for hydroxylation is 1. The third kappa shape index (κ3) is 5.91. The third-order valence-electron chi connectivity index (χ3n) is 4.97. The van der Waals surface area contributed by atoms with Gasteiger partial charge in [-0.2, -0.15) is 11.8 Å². The Balaban J connectivity index is 3.03. The molecule has 24 heavy (non-hydrogen) atoms. The average molecular weight is 415 g/mol. The van der Waals surface area contributed by atoms with Crippen molar-refractivity contribution in [3.8, 4) is 0 Å². The Kier molecular flexibility index (Phi) is 8.55. The van der Waals surface area contributed by atoms with Crippen molar-refractivity contribution in [1.29, 1.82) is 0 Å². The zero-order valence-corrected chi connectivity index (χ0v) is 18.4. The van der Waals surface area contributed by atoms with Gasteiger partial charge in [-0.05, 0) is 65.3 Å². The molecule has 1 aromatic carbocycles. The molecule has 0 aliphatic heterocycles. The summed E-state index contributed by atoms with van der Waals surface area (Å²) in [6, 6.07) is 4.09. The van der Waals surface area contributed by atoms with Crippen LogP contribution in [0.1, 0.15) is 70.3 Å². The molecule has 0 aliphatic carbocycles. The summed E-state index contributed by atoms with van der Waals surface area (Å²) < 4.78 is 15.7. The fourth-order valence-electron chi connectivity index (χ4n) is 2.99. The lowest BCUT2D eigenvalue weighted by atomic mass is 9.83. The van der Waals surface area contributed by atoms with Crippen LogP contribution in [0.15, 0.2) is 28.8 Å². The molecule has 1 aromatic rings. The van der Waals surface area contributed by atoms with E-state index in [0.717, 1.165) is 42.4 Å². The SMILES string of the molecule is C=C(C)CC(C)C(SC)c1ccc(CCC(C)(C)CC)c(Br)c1F. The van der Waals surface area contributed by atoms with E-state index in [-0.39, 0.29) is 11.1 Å². The van der Waals surface area contributed by atoms with Gasteiger partial charge in [-0.15, -0.1) is 6.58 Å². The van der Waals surface area contributed by atoms with Crippen molar-refractivity contribution in [2.24, 2.45) is 11.3 Å². The van der Waals surface area contributed by atoms with Gasteiger partial charge in [-0.25, -0.2) is 4.39 Å². The molecule has 0 spiro atoms. The molecule has 0 aliphatic rings. The first-order valence-electron chi connectivity index (χ1n) is 8.77. The van der Waals surface area contributed by atoms with Gasteiger partial charge in [-0.3, -0.25) is 0 Å². The summed E-state index contributed by atoms with van der Waals surface area (Å²) in [4.78, 5) is 0. The predicted octanol–water partition coefficient (Wildman–Crippen LogP) is 7.96. The van der Waals surface area contributed by atoms with Crippen LogP contribution in [0.25, 0.3) is 0 Å². The fraction of sp³-hybridized carbons (Fsp3) is 0.619. The van der Waals surface area contributed by atoms with E-state index in [4.69, 9.17) is 0 Å². The number of rotatable bonds is 9. The molecule has 0 aromatic heterocycles. The first-order valence-corrected chi connectivity index (χ1v) is 10.8. The van der Waals surface area contributed by atoms with Crippen molar-refractivity contribution in [3.63, 3.8) is 0 Å². The summed E-state index contributed by atoms with van der Waals surface area (Å²) in [6.07, 6.45) is 6.10. The number of hydrogen-bond donors (Lipinski definition) is 0. The molecule has 2 atom stereocenters. The average Bonchev–Trinajstić information content (AvgIpc) is 2.50. The number of benzene rings is 1. The van der Waals surface area contributed by atoms with Crippen LogP contribution in [0, 0.1) is 17.2 Å². The standard InChI is InChI=1S/C21H32BrFS/c1-8-21(5,6)12-11-16-9-10-17(19(23)18(16)22)20(24-7)15(4)13-14(2)3/h9-10,15,20H,2,8,11-13H2,1,3-7H3. The summed E-state index contributed by atoms with van der Waals surface area (Å²) in [5.41, 5.74) is 3.33. The number of halogens is 2. The van der Waals surface area contributed by atoms with Gasteiger partial charge in [0.25, 0.3) is 0 Å². The predicted molar refractivity (Wildman–Crippen MR) is 111 cm³/mol. The van der Waals surface area contributed by atoms with Crippen LogP contribution >= 0.6 is 27.7 Å². The van der Waals surface area contributed by atoms with E-state index < -0.39 is 0 Å². The van der Waals surface area contributed by atoms with E-state index in [1.165, 1.54) is 0 Å². The number of thioether (sulfide) groups is 1. The lowest BCUT2D eigenvalue weighted by Gasteiger charge is -2.25. The molecule has 0 heterocycles. The van der Waals surface area contributed by atoms with Gasteiger partial charge >= 0.3 is 0 Å². The van der Waals surface area contributed by atoms with E-state index in [1.54, 1.807) is 11.8 Å². The Morgan fingerprint density at radius 1 is 1.38 bits per heavy atom. The van der Waals surface area contributed by atoms with Crippen LogP contribution in [0.4, 0.5) is 4.39 Å². The minimum Gasteiger partial charge on any atom is -0.205 e. The second-order valence-electron chi connectivity index (χ2n) is 7.75. The Morgan fingerprint density at radius 2 is 2.00 bits per heavy atom. The van der Waals surface area contributed by atoms with Gasteiger partial charge in [0.2, 0.25) is 0 Å². The fourth-order valence-corrected chi connectivity index (χ4v) is 4.55. The monoisotopic (exact) mass is 414 g/mol. The second kappa shape index (κ2) is 9.43. The lowest BCUT2D eigenvalue weighted by molar-refractivity contribution is 0.322. The molecule has 0 amide bonds. The number of allylic oxidation sites excluding steroid dienone is 1. The maximum absolute atomic E-state index is 15.0. The molecule has 0 fully saturated rings. The molecule has 0 saturated carbocycles. The molecular formula is C21H32BrFS. The van der Waals surface area contributed by atoms with Crippen molar-refractivity contribution in [1.82, 2.24) is 0 Å². The molecule has 3 heteroatoms. The minimum atomic E-state index is -0.0882. The summed E-state index contributed by atoms with van der Waals surface area (Å²) in [7, 11) is 0. The van der Waals surface area contributed by atoms with Crippen molar-refractivity contribution < 1.29 is 4.39 Å². The van der Waals surface area contributed by atoms with Crippen molar-refractivity contribution >= 4 is 27.7 Å². The van der Waals surface area contributed by atoms with E-state index in [1.807, 2.05) is 13.0 Å². The quantitative estimate of drug-likeness (QED) is 0.369. The normalized spacial score (nSPS) is 14.5. The zero-order chi connectivity index (χ0) is 18.5. The lowest BCUT2D eigenvalue weighted by Crippen LogP contribution is -2.12. The van der Waals surface area contributed by atoms with E-state index in [0.29, 0.717) is 15.8 Å². The first kappa shape index (κ1) is 21.8. The van der Waals surface area contributed by atoms with E-state index >= 15 is 4.39 Å².